The van der Waals surface area contributed by atoms with Gasteiger partial charge in [0.05, 0.1) is 12.7 Å². The Morgan fingerprint density at radius 2 is 1.95 bits per heavy atom. The first-order valence-corrected chi connectivity index (χ1v) is 5.91. The van der Waals surface area contributed by atoms with Crippen molar-refractivity contribution < 1.29 is 9.53 Å². The Morgan fingerprint density at radius 1 is 1.26 bits per heavy atom. The number of halogens is 1. The predicted octanol–water partition coefficient (Wildman–Crippen LogP) is 2.42. The van der Waals surface area contributed by atoms with Gasteiger partial charge in [0.2, 0.25) is 5.88 Å². The van der Waals surface area contributed by atoms with Crippen LogP contribution in [0, 0.1) is 0 Å². The molecule has 0 saturated carbocycles. The maximum atomic E-state index is 12.4. The maximum Gasteiger partial charge on any atom is 0.261 e. The van der Waals surface area contributed by atoms with Crippen molar-refractivity contribution in [3.05, 3.63) is 47.1 Å². The number of carbonyl (C=O) groups is 1. The Morgan fingerprint density at radius 3 is 2.58 bits per heavy atom. The summed E-state index contributed by atoms with van der Waals surface area (Å²) >= 11 is 5.90. The molecule has 0 aliphatic rings. The summed E-state index contributed by atoms with van der Waals surface area (Å²) in [4.78, 5) is 13.8. The van der Waals surface area contributed by atoms with Gasteiger partial charge >= 0.3 is 0 Å². The SMILES string of the molecule is COc1cc(C(=O)N(C)c2ccccc2)c(Cl)nn1. The number of benzene rings is 1. The van der Waals surface area contributed by atoms with Crippen molar-refractivity contribution in [2.45, 2.75) is 0 Å². The highest BCUT2D eigenvalue weighted by Crippen LogP contribution is 2.21. The minimum atomic E-state index is -0.274. The van der Waals surface area contributed by atoms with Gasteiger partial charge in [-0.05, 0) is 12.1 Å². The molecule has 2 rings (SSSR count). The van der Waals surface area contributed by atoms with Gasteiger partial charge < -0.3 is 9.64 Å². The first-order chi connectivity index (χ1) is 9.13. The zero-order valence-corrected chi connectivity index (χ0v) is 11.3. The van der Waals surface area contributed by atoms with E-state index >= 15 is 0 Å². The summed E-state index contributed by atoms with van der Waals surface area (Å²) in [6.07, 6.45) is 0. The molecule has 0 spiro atoms. The van der Waals surface area contributed by atoms with Gasteiger partial charge in [0.15, 0.2) is 5.15 Å². The van der Waals surface area contributed by atoms with Gasteiger partial charge in [0.25, 0.3) is 5.91 Å². The van der Waals surface area contributed by atoms with E-state index in [2.05, 4.69) is 10.2 Å². The Balaban J connectivity index is 2.34. The highest BCUT2D eigenvalue weighted by Gasteiger charge is 2.18. The van der Waals surface area contributed by atoms with Crippen LogP contribution in [0.5, 0.6) is 5.88 Å². The van der Waals surface area contributed by atoms with E-state index in [1.165, 1.54) is 18.1 Å². The Hall–Kier alpha value is -2.14. The topological polar surface area (TPSA) is 55.3 Å². The van der Waals surface area contributed by atoms with Gasteiger partial charge in [-0.3, -0.25) is 4.79 Å². The van der Waals surface area contributed by atoms with Crippen molar-refractivity contribution in [2.75, 3.05) is 19.1 Å². The molecule has 1 heterocycles. The van der Waals surface area contributed by atoms with Crippen molar-refractivity contribution in [1.82, 2.24) is 10.2 Å². The number of aromatic nitrogens is 2. The minimum Gasteiger partial charge on any atom is -0.480 e. The maximum absolute atomic E-state index is 12.4. The molecule has 0 radical (unpaired) electrons. The van der Waals surface area contributed by atoms with E-state index in [4.69, 9.17) is 16.3 Å². The summed E-state index contributed by atoms with van der Waals surface area (Å²) in [7, 11) is 3.12. The Labute approximate surface area is 115 Å². The van der Waals surface area contributed by atoms with Gasteiger partial charge in [0.1, 0.15) is 0 Å². The molecule has 0 N–H and O–H groups in total. The quantitative estimate of drug-likeness (QED) is 0.864. The van der Waals surface area contributed by atoms with Crippen LogP contribution in [0.25, 0.3) is 0 Å². The van der Waals surface area contributed by atoms with E-state index < -0.39 is 0 Å². The molecule has 0 aliphatic carbocycles. The van der Waals surface area contributed by atoms with Gasteiger partial charge in [-0.1, -0.05) is 29.8 Å². The first kappa shape index (κ1) is 13.3. The molecule has 1 aromatic heterocycles. The third kappa shape index (κ3) is 2.82. The Bertz CT molecular complexity index is 590. The monoisotopic (exact) mass is 277 g/mol. The average Bonchev–Trinajstić information content (AvgIpc) is 2.47. The molecular weight excluding hydrogens is 266 g/mol. The van der Waals surface area contributed by atoms with Crippen LogP contribution in [0.4, 0.5) is 5.69 Å². The van der Waals surface area contributed by atoms with Crippen LogP contribution in [0.1, 0.15) is 10.4 Å². The van der Waals surface area contributed by atoms with Crippen LogP contribution in [-0.2, 0) is 0 Å². The van der Waals surface area contributed by atoms with E-state index in [9.17, 15) is 4.79 Å². The lowest BCUT2D eigenvalue weighted by molar-refractivity contribution is 0.0992. The number of ether oxygens (including phenoxy) is 1. The number of anilines is 1. The number of nitrogens with zero attached hydrogens (tertiary/aromatic N) is 3. The number of hydrogen-bond acceptors (Lipinski definition) is 4. The van der Waals surface area contributed by atoms with Crippen molar-refractivity contribution in [2.24, 2.45) is 0 Å². The standard InChI is InChI=1S/C13H12ClN3O2/c1-17(9-6-4-3-5-7-9)13(18)10-8-11(19-2)15-16-12(10)14/h3-8H,1-2H3. The highest BCUT2D eigenvalue weighted by atomic mass is 35.5. The lowest BCUT2D eigenvalue weighted by Gasteiger charge is -2.17. The zero-order valence-electron chi connectivity index (χ0n) is 10.5. The molecule has 2 aromatic rings. The molecule has 0 unspecified atom stereocenters. The number of amides is 1. The molecule has 1 aromatic carbocycles. The molecule has 98 valence electrons. The van der Waals surface area contributed by atoms with Gasteiger partial charge in [-0.15, -0.1) is 10.2 Å². The largest absolute Gasteiger partial charge is 0.480 e. The molecule has 0 bridgehead atoms. The number of methoxy groups -OCH3 is 1. The van der Waals surface area contributed by atoms with Crippen molar-refractivity contribution >= 4 is 23.2 Å². The fraction of sp³-hybridized carbons (Fsp3) is 0.154. The summed E-state index contributed by atoms with van der Waals surface area (Å²) in [6, 6.07) is 10.7. The summed E-state index contributed by atoms with van der Waals surface area (Å²) < 4.78 is 4.94. The van der Waals surface area contributed by atoms with E-state index in [-0.39, 0.29) is 22.5 Å². The summed E-state index contributed by atoms with van der Waals surface area (Å²) in [5.74, 6) is -0.0291. The van der Waals surface area contributed by atoms with E-state index in [1.807, 2.05) is 30.3 Å². The van der Waals surface area contributed by atoms with Crippen molar-refractivity contribution in [3.8, 4) is 5.88 Å². The summed E-state index contributed by atoms with van der Waals surface area (Å²) in [6.45, 7) is 0. The smallest absolute Gasteiger partial charge is 0.261 e. The van der Waals surface area contributed by atoms with Crippen LogP contribution in [-0.4, -0.2) is 30.3 Å². The minimum absolute atomic E-state index is 0.0496. The first-order valence-electron chi connectivity index (χ1n) is 5.54. The second-order valence-corrected chi connectivity index (χ2v) is 4.15. The third-order valence-corrected chi connectivity index (χ3v) is 2.89. The lowest BCUT2D eigenvalue weighted by atomic mass is 10.2. The molecular formula is C13H12ClN3O2. The molecule has 0 saturated heterocycles. The lowest BCUT2D eigenvalue weighted by Crippen LogP contribution is -2.26. The molecule has 0 fully saturated rings. The molecule has 1 amide bonds. The zero-order chi connectivity index (χ0) is 13.8. The van der Waals surface area contributed by atoms with E-state index in [0.29, 0.717) is 0 Å². The van der Waals surface area contributed by atoms with Crippen LogP contribution < -0.4 is 9.64 Å². The molecule has 0 aliphatic heterocycles. The second-order valence-electron chi connectivity index (χ2n) is 3.79. The van der Waals surface area contributed by atoms with Gasteiger partial charge in [-0.25, -0.2) is 0 Å². The number of hydrogen-bond donors (Lipinski definition) is 0. The molecule has 5 nitrogen and oxygen atoms in total. The van der Waals surface area contributed by atoms with Crippen molar-refractivity contribution in [3.63, 3.8) is 0 Å². The second kappa shape index (κ2) is 5.67. The van der Waals surface area contributed by atoms with Crippen LogP contribution in [0.15, 0.2) is 36.4 Å². The number of para-hydroxylation sites is 1. The van der Waals surface area contributed by atoms with Crippen molar-refractivity contribution in [1.29, 1.82) is 0 Å². The number of carbonyl (C=O) groups excluding carboxylic acids is 1. The van der Waals surface area contributed by atoms with Gasteiger partial charge in [0, 0.05) is 18.8 Å². The summed E-state index contributed by atoms with van der Waals surface area (Å²) in [5, 5.41) is 7.44. The van der Waals surface area contributed by atoms with Crippen LogP contribution >= 0.6 is 11.6 Å². The van der Waals surface area contributed by atoms with E-state index in [0.717, 1.165) is 5.69 Å². The molecule has 0 atom stereocenters. The highest BCUT2D eigenvalue weighted by molar-refractivity contribution is 6.33. The number of rotatable bonds is 3. The van der Waals surface area contributed by atoms with Crippen LogP contribution in [0.3, 0.4) is 0 Å². The van der Waals surface area contributed by atoms with Gasteiger partial charge in [-0.2, -0.15) is 0 Å². The third-order valence-electron chi connectivity index (χ3n) is 2.61. The summed E-state index contributed by atoms with van der Waals surface area (Å²) in [5.41, 5.74) is 1.01. The molecule has 6 heteroatoms. The molecule has 19 heavy (non-hydrogen) atoms. The predicted molar refractivity (Wildman–Crippen MR) is 72.8 cm³/mol. The van der Waals surface area contributed by atoms with E-state index in [1.54, 1.807) is 7.05 Å². The fourth-order valence-electron chi connectivity index (χ4n) is 1.56. The Kier molecular flexibility index (Phi) is 3.97. The fourth-order valence-corrected chi connectivity index (χ4v) is 1.73. The normalized spacial score (nSPS) is 10.1. The van der Waals surface area contributed by atoms with Crippen LogP contribution in [0.2, 0.25) is 5.15 Å². The average molecular weight is 278 g/mol.